The van der Waals surface area contributed by atoms with Crippen LogP contribution in [0, 0.1) is 19.8 Å². The molecule has 3 rings (SSSR count). The largest absolute Gasteiger partial charge is 0.508 e. The van der Waals surface area contributed by atoms with E-state index in [4.69, 9.17) is 10.5 Å². The molecule has 4 unspecified atom stereocenters. The summed E-state index contributed by atoms with van der Waals surface area (Å²) >= 11 is 0. The van der Waals surface area contributed by atoms with Gasteiger partial charge in [0.1, 0.15) is 23.4 Å². The minimum atomic E-state index is -1.36. The number of carbonyl (C=O) groups excluding carboxylic acids is 4. The number of nitrogens with two attached hydrogens (primary N) is 1. The van der Waals surface area contributed by atoms with Crippen molar-refractivity contribution < 1.29 is 29.0 Å². The van der Waals surface area contributed by atoms with Crippen LogP contribution >= 0.6 is 0 Å². The summed E-state index contributed by atoms with van der Waals surface area (Å²) in [5, 5.41) is 15.7. The number of nitrogens with one attached hydrogen (secondary N) is 2. The van der Waals surface area contributed by atoms with Gasteiger partial charge >= 0.3 is 6.09 Å². The van der Waals surface area contributed by atoms with Gasteiger partial charge in [-0.1, -0.05) is 37.3 Å². The van der Waals surface area contributed by atoms with Crippen molar-refractivity contribution in [1.82, 2.24) is 10.2 Å². The molecule has 210 valence electrons. The van der Waals surface area contributed by atoms with Crippen LogP contribution in [0.25, 0.3) is 0 Å². The van der Waals surface area contributed by atoms with Crippen LogP contribution < -0.4 is 16.4 Å². The van der Waals surface area contributed by atoms with Crippen molar-refractivity contribution >= 4 is 29.5 Å². The van der Waals surface area contributed by atoms with E-state index in [0.717, 1.165) is 11.1 Å². The fourth-order valence-corrected chi connectivity index (χ4v) is 4.54. The number of hydrogen-bond donors (Lipinski definition) is 4. The number of benzene rings is 2. The molecule has 2 aromatic rings. The van der Waals surface area contributed by atoms with Crippen LogP contribution in [-0.4, -0.2) is 51.5 Å². The molecule has 10 heteroatoms. The molecule has 1 aliphatic rings. The van der Waals surface area contributed by atoms with Crippen molar-refractivity contribution in [1.29, 1.82) is 0 Å². The first-order chi connectivity index (χ1) is 18.2. The molecule has 39 heavy (non-hydrogen) atoms. The number of aryl methyl sites for hydroxylation is 2. The van der Waals surface area contributed by atoms with Gasteiger partial charge in [-0.3, -0.25) is 14.4 Å². The third kappa shape index (κ3) is 7.72. The van der Waals surface area contributed by atoms with Crippen molar-refractivity contribution in [3.8, 4) is 5.75 Å². The van der Waals surface area contributed by atoms with Crippen molar-refractivity contribution in [3.63, 3.8) is 0 Å². The number of aromatic hydroxyl groups is 1. The highest BCUT2D eigenvalue weighted by Crippen LogP contribution is 2.41. The molecule has 0 spiro atoms. The van der Waals surface area contributed by atoms with E-state index in [2.05, 4.69) is 10.6 Å². The van der Waals surface area contributed by atoms with Crippen LogP contribution in [0.4, 0.5) is 10.5 Å². The van der Waals surface area contributed by atoms with Crippen LogP contribution in [-0.2, 0) is 19.1 Å². The number of ether oxygens (including phenoxy) is 1. The van der Waals surface area contributed by atoms with E-state index < -0.39 is 47.9 Å². The molecule has 1 saturated carbocycles. The predicted molar refractivity (Wildman–Crippen MR) is 147 cm³/mol. The van der Waals surface area contributed by atoms with Gasteiger partial charge in [-0.15, -0.1) is 0 Å². The molecule has 0 radical (unpaired) electrons. The second kappa shape index (κ2) is 11.8. The van der Waals surface area contributed by atoms with Gasteiger partial charge in [-0.05, 0) is 75.8 Å². The number of nitrogens with zero attached hydrogens (tertiary/aromatic N) is 1. The lowest BCUT2D eigenvalue weighted by molar-refractivity contribution is -0.142. The summed E-state index contributed by atoms with van der Waals surface area (Å²) < 4.78 is 5.31. The lowest BCUT2D eigenvalue weighted by Gasteiger charge is -2.35. The van der Waals surface area contributed by atoms with Gasteiger partial charge < -0.3 is 31.1 Å². The van der Waals surface area contributed by atoms with Gasteiger partial charge in [0.05, 0.1) is 6.42 Å². The average Bonchev–Trinajstić information content (AvgIpc) is 3.53. The van der Waals surface area contributed by atoms with E-state index in [1.54, 1.807) is 32.9 Å². The summed E-state index contributed by atoms with van der Waals surface area (Å²) in [6, 6.07) is 8.86. The van der Waals surface area contributed by atoms with E-state index in [0.29, 0.717) is 17.7 Å². The second-order valence-electron chi connectivity index (χ2n) is 11.1. The fourth-order valence-electron chi connectivity index (χ4n) is 4.54. The number of para-hydroxylation sites is 1. The molecule has 1 fully saturated rings. The summed E-state index contributed by atoms with van der Waals surface area (Å²) in [5.74, 6) is -1.96. The number of alkyl carbamates (subject to hydrolysis) is 1. The maximum Gasteiger partial charge on any atom is 0.408 e. The molecule has 0 bridgehead atoms. The minimum absolute atomic E-state index is 0.0671. The van der Waals surface area contributed by atoms with Crippen molar-refractivity contribution in [3.05, 3.63) is 59.2 Å². The molecular weight excluding hydrogens is 500 g/mol. The Morgan fingerprint density at radius 3 is 2.21 bits per heavy atom. The Kier molecular flexibility index (Phi) is 8.88. The first-order valence-corrected chi connectivity index (χ1v) is 12.9. The van der Waals surface area contributed by atoms with Gasteiger partial charge in [0.2, 0.25) is 11.8 Å². The Morgan fingerprint density at radius 1 is 1.10 bits per heavy atom. The highest BCUT2D eigenvalue weighted by Gasteiger charge is 2.48. The zero-order chi connectivity index (χ0) is 29.1. The molecule has 4 amide bonds. The fraction of sp³-hybridized carbons (Fsp3) is 0.448. The van der Waals surface area contributed by atoms with Crippen LogP contribution in [0.1, 0.15) is 63.3 Å². The summed E-state index contributed by atoms with van der Waals surface area (Å²) in [4.78, 5) is 54.0. The maximum absolute atomic E-state index is 14.1. The van der Waals surface area contributed by atoms with E-state index in [1.165, 1.54) is 17.0 Å². The number of rotatable bonds is 9. The van der Waals surface area contributed by atoms with Gasteiger partial charge in [-0.25, -0.2) is 4.79 Å². The first-order valence-electron chi connectivity index (χ1n) is 12.9. The highest BCUT2D eigenvalue weighted by molar-refractivity contribution is 6.00. The van der Waals surface area contributed by atoms with Crippen LogP contribution in [0.3, 0.4) is 0 Å². The van der Waals surface area contributed by atoms with Gasteiger partial charge in [0.15, 0.2) is 0 Å². The number of carbonyl (C=O) groups is 4. The second-order valence-corrected chi connectivity index (χ2v) is 11.1. The Hall–Kier alpha value is -4.08. The summed E-state index contributed by atoms with van der Waals surface area (Å²) in [7, 11) is 0. The standard InChI is InChI=1S/C29H38N4O6/c1-16-9-7-10-17(2)24(16)32-26(36)25(19-11-8-12-20(34)14-19)33(22-13-18(22)3)27(37)21(15-23(30)35)31-28(38)39-29(4,5)6/h7-12,14,18,21-22,25,34H,13,15H2,1-6H3,(H2,30,35)(H,31,38)(H,32,36). The molecule has 1 aliphatic carbocycles. The number of hydrogen-bond acceptors (Lipinski definition) is 6. The Bertz CT molecular complexity index is 1230. The van der Waals surface area contributed by atoms with E-state index in [-0.39, 0.29) is 17.7 Å². The van der Waals surface area contributed by atoms with Crippen molar-refractivity contribution in [2.24, 2.45) is 11.7 Å². The molecule has 0 aromatic heterocycles. The van der Waals surface area contributed by atoms with E-state index >= 15 is 0 Å². The SMILES string of the molecule is Cc1cccc(C)c1NC(=O)C(c1cccc(O)c1)N(C(=O)C(CC(N)=O)NC(=O)OC(C)(C)C)C1CC1C. The third-order valence-electron chi connectivity index (χ3n) is 6.51. The topological polar surface area (TPSA) is 151 Å². The normalized spacial score (nSPS) is 17.9. The zero-order valence-electron chi connectivity index (χ0n) is 23.3. The molecule has 0 heterocycles. The minimum Gasteiger partial charge on any atom is -0.508 e. The summed E-state index contributed by atoms with van der Waals surface area (Å²) in [5.41, 5.74) is 7.27. The first kappa shape index (κ1) is 29.5. The lowest BCUT2D eigenvalue weighted by atomic mass is 10.0. The average molecular weight is 539 g/mol. The molecule has 2 aromatic carbocycles. The zero-order valence-corrected chi connectivity index (χ0v) is 23.3. The van der Waals surface area contributed by atoms with Crippen LogP contribution in [0.5, 0.6) is 5.75 Å². The molecule has 10 nitrogen and oxygen atoms in total. The third-order valence-corrected chi connectivity index (χ3v) is 6.51. The van der Waals surface area contributed by atoms with Gasteiger partial charge in [0.25, 0.3) is 5.91 Å². The summed E-state index contributed by atoms with van der Waals surface area (Å²) in [6.45, 7) is 10.7. The number of primary amides is 1. The predicted octanol–water partition coefficient (Wildman–Crippen LogP) is 3.69. The monoisotopic (exact) mass is 538 g/mol. The quantitative estimate of drug-likeness (QED) is 0.382. The highest BCUT2D eigenvalue weighted by atomic mass is 16.6. The molecule has 0 aliphatic heterocycles. The van der Waals surface area contributed by atoms with Gasteiger partial charge in [0, 0.05) is 11.7 Å². The molecule has 0 saturated heterocycles. The van der Waals surface area contributed by atoms with E-state index in [9.17, 15) is 24.3 Å². The number of phenols is 1. The molecular formula is C29H38N4O6. The Morgan fingerprint density at radius 2 is 1.69 bits per heavy atom. The van der Waals surface area contributed by atoms with Crippen LogP contribution in [0.2, 0.25) is 0 Å². The number of anilines is 1. The number of phenolic OH excluding ortho intramolecular Hbond substituents is 1. The molecule has 5 N–H and O–H groups in total. The number of amides is 4. The lowest BCUT2D eigenvalue weighted by Crippen LogP contribution is -2.54. The van der Waals surface area contributed by atoms with Crippen molar-refractivity contribution in [2.75, 3.05) is 5.32 Å². The summed E-state index contributed by atoms with van der Waals surface area (Å²) in [6.07, 6.45) is -0.756. The maximum atomic E-state index is 14.1. The Labute approximate surface area is 228 Å². The van der Waals surface area contributed by atoms with E-state index in [1.807, 2.05) is 39.0 Å². The molecule has 4 atom stereocenters. The van der Waals surface area contributed by atoms with Gasteiger partial charge in [-0.2, -0.15) is 0 Å². The smallest absolute Gasteiger partial charge is 0.408 e. The van der Waals surface area contributed by atoms with Crippen LogP contribution in [0.15, 0.2) is 42.5 Å². The Balaban J connectivity index is 2.06. The van der Waals surface area contributed by atoms with Crippen molar-refractivity contribution in [2.45, 2.75) is 78.1 Å².